The number of fused-ring (bicyclic) bond motifs is 1. The summed E-state index contributed by atoms with van der Waals surface area (Å²) >= 11 is 0. The Morgan fingerprint density at radius 1 is 0.929 bits per heavy atom. The molecular formula is C22H16F3N3. The van der Waals surface area contributed by atoms with Crippen LogP contribution in [0.25, 0.3) is 21.9 Å². The molecule has 140 valence electrons. The number of hydrogen-bond acceptors (Lipinski definition) is 3. The fourth-order valence-corrected chi connectivity index (χ4v) is 3.24. The Balaban J connectivity index is 1.79. The summed E-state index contributed by atoms with van der Waals surface area (Å²) in [7, 11) is 0. The van der Waals surface area contributed by atoms with Gasteiger partial charge in [-0.25, -0.2) is 4.98 Å². The standard InChI is InChI=1S/C22H16F3N3/c1-14-11-16(17-6-2-3-7-19(17)22(23,24)25)12-21(27-14)28-20-8-4-5-15-13-26-10-9-18(15)20/h2-13H,1H3,(H,27,28). The van der Waals surface area contributed by atoms with Crippen LogP contribution in [-0.2, 0) is 6.18 Å². The van der Waals surface area contributed by atoms with Crippen LogP contribution < -0.4 is 5.32 Å². The molecule has 6 heteroatoms. The van der Waals surface area contributed by atoms with E-state index < -0.39 is 11.7 Å². The van der Waals surface area contributed by atoms with Gasteiger partial charge in [-0.15, -0.1) is 0 Å². The fraction of sp³-hybridized carbons (Fsp3) is 0.0909. The second-order valence-electron chi connectivity index (χ2n) is 6.45. The molecule has 0 fully saturated rings. The third-order valence-electron chi connectivity index (χ3n) is 4.44. The van der Waals surface area contributed by atoms with E-state index in [2.05, 4.69) is 15.3 Å². The van der Waals surface area contributed by atoms with E-state index in [0.29, 0.717) is 17.1 Å². The van der Waals surface area contributed by atoms with Crippen LogP contribution in [0.5, 0.6) is 0 Å². The number of aromatic nitrogens is 2. The lowest BCUT2D eigenvalue weighted by atomic mass is 9.99. The van der Waals surface area contributed by atoms with E-state index in [-0.39, 0.29) is 5.56 Å². The van der Waals surface area contributed by atoms with Crippen LogP contribution in [0.4, 0.5) is 24.7 Å². The first-order valence-corrected chi connectivity index (χ1v) is 8.67. The Labute approximate surface area is 159 Å². The van der Waals surface area contributed by atoms with Gasteiger partial charge in [0.1, 0.15) is 5.82 Å². The van der Waals surface area contributed by atoms with Gasteiger partial charge in [0.2, 0.25) is 0 Å². The average molecular weight is 379 g/mol. The second kappa shape index (κ2) is 6.96. The molecule has 0 saturated heterocycles. The number of nitrogens with zero attached hydrogens (tertiary/aromatic N) is 2. The SMILES string of the molecule is Cc1cc(-c2ccccc2C(F)(F)F)cc(Nc2cccc3cnccc23)n1. The van der Waals surface area contributed by atoms with Gasteiger partial charge in [0.05, 0.1) is 5.56 Å². The molecule has 0 aliphatic heterocycles. The van der Waals surface area contributed by atoms with Crippen LogP contribution in [0.15, 0.2) is 73.1 Å². The molecule has 2 heterocycles. The summed E-state index contributed by atoms with van der Waals surface area (Å²) < 4.78 is 40.3. The highest BCUT2D eigenvalue weighted by Crippen LogP contribution is 2.38. The van der Waals surface area contributed by atoms with Crippen molar-refractivity contribution in [3.8, 4) is 11.1 Å². The van der Waals surface area contributed by atoms with E-state index in [9.17, 15) is 13.2 Å². The predicted octanol–water partition coefficient (Wildman–Crippen LogP) is 6.37. The lowest BCUT2D eigenvalue weighted by molar-refractivity contribution is -0.137. The molecule has 0 aliphatic rings. The number of nitrogens with one attached hydrogen (secondary N) is 1. The summed E-state index contributed by atoms with van der Waals surface area (Å²) in [4.78, 5) is 8.56. The third-order valence-corrected chi connectivity index (χ3v) is 4.44. The highest BCUT2D eigenvalue weighted by Gasteiger charge is 2.33. The van der Waals surface area contributed by atoms with Crippen molar-refractivity contribution in [2.75, 3.05) is 5.32 Å². The van der Waals surface area contributed by atoms with Gasteiger partial charge in [-0.2, -0.15) is 13.2 Å². The van der Waals surface area contributed by atoms with E-state index in [4.69, 9.17) is 0 Å². The summed E-state index contributed by atoms with van der Waals surface area (Å²) in [5.41, 5.74) is 1.37. The molecule has 4 rings (SSSR count). The zero-order valence-electron chi connectivity index (χ0n) is 15.0. The quantitative estimate of drug-likeness (QED) is 0.450. The Morgan fingerprint density at radius 3 is 2.57 bits per heavy atom. The second-order valence-corrected chi connectivity index (χ2v) is 6.45. The van der Waals surface area contributed by atoms with Crippen molar-refractivity contribution < 1.29 is 13.2 Å². The maximum Gasteiger partial charge on any atom is 0.417 e. The summed E-state index contributed by atoms with van der Waals surface area (Å²) in [6.45, 7) is 1.76. The largest absolute Gasteiger partial charge is 0.417 e. The van der Waals surface area contributed by atoms with E-state index in [1.807, 2.05) is 24.3 Å². The number of halogens is 3. The average Bonchev–Trinajstić information content (AvgIpc) is 2.67. The van der Waals surface area contributed by atoms with Crippen LogP contribution in [0.3, 0.4) is 0 Å². The van der Waals surface area contributed by atoms with Gasteiger partial charge >= 0.3 is 6.18 Å². The number of rotatable bonds is 3. The van der Waals surface area contributed by atoms with Crippen molar-refractivity contribution in [1.82, 2.24) is 9.97 Å². The first-order chi connectivity index (χ1) is 13.4. The summed E-state index contributed by atoms with van der Waals surface area (Å²) in [5, 5.41) is 5.15. The molecule has 0 spiro atoms. The van der Waals surface area contributed by atoms with Crippen LogP contribution in [0.1, 0.15) is 11.3 Å². The molecule has 0 unspecified atom stereocenters. The number of aryl methyl sites for hydroxylation is 1. The maximum absolute atomic E-state index is 13.4. The van der Waals surface area contributed by atoms with Crippen molar-refractivity contribution in [1.29, 1.82) is 0 Å². The van der Waals surface area contributed by atoms with Gasteiger partial charge in [-0.05, 0) is 48.4 Å². The molecular weight excluding hydrogens is 363 g/mol. The van der Waals surface area contributed by atoms with Gasteiger partial charge < -0.3 is 5.32 Å². The highest BCUT2D eigenvalue weighted by atomic mass is 19.4. The minimum absolute atomic E-state index is 0.130. The van der Waals surface area contributed by atoms with Crippen LogP contribution >= 0.6 is 0 Å². The minimum atomic E-state index is -4.43. The first kappa shape index (κ1) is 18.0. The Hall–Kier alpha value is -3.41. The molecule has 3 nitrogen and oxygen atoms in total. The summed E-state index contributed by atoms with van der Waals surface area (Å²) in [6, 6.07) is 16.5. The predicted molar refractivity (Wildman–Crippen MR) is 104 cm³/mol. The van der Waals surface area contributed by atoms with Crippen LogP contribution in [0, 0.1) is 6.92 Å². The highest BCUT2D eigenvalue weighted by molar-refractivity contribution is 5.94. The normalized spacial score (nSPS) is 11.6. The molecule has 0 amide bonds. The number of pyridine rings is 2. The molecule has 2 aromatic carbocycles. The van der Waals surface area contributed by atoms with E-state index in [0.717, 1.165) is 22.5 Å². The van der Waals surface area contributed by atoms with E-state index in [1.54, 1.807) is 37.5 Å². The Kier molecular flexibility index (Phi) is 4.47. The van der Waals surface area contributed by atoms with Crippen molar-refractivity contribution in [3.63, 3.8) is 0 Å². The van der Waals surface area contributed by atoms with Crippen molar-refractivity contribution in [3.05, 3.63) is 84.3 Å². The van der Waals surface area contributed by atoms with Gasteiger partial charge in [-0.1, -0.05) is 30.3 Å². The van der Waals surface area contributed by atoms with Gasteiger partial charge in [0.15, 0.2) is 0 Å². The molecule has 1 N–H and O–H groups in total. The number of anilines is 2. The fourth-order valence-electron chi connectivity index (χ4n) is 3.24. The zero-order valence-corrected chi connectivity index (χ0v) is 15.0. The molecule has 0 saturated carbocycles. The number of alkyl halides is 3. The van der Waals surface area contributed by atoms with Crippen molar-refractivity contribution in [2.24, 2.45) is 0 Å². The molecule has 0 radical (unpaired) electrons. The van der Waals surface area contributed by atoms with E-state index >= 15 is 0 Å². The molecule has 0 atom stereocenters. The molecule has 2 aromatic heterocycles. The molecule has 4 aromatic rings. The maximum atomic E-state index is 13.4. The Bertz CT molecular complexity index is 1150. The molecule has 0 bridgehead atoms. The van der Waals surface area contributed by atoms with Crippen LogP contribution in [-0.4, -0.2) is 9.97 Å². The van der Waals surface area contributed by atoms with Gasteiger partial charge in [0.25, 0.3) is 0 Å². The first-order valence-electron chi connectivity index (χ1n) is 8.67. The smallest absolute Gasteiger partial charge is 0.340 e. The zero-order chi connectivity index (χ0) is 19.7. The monoisotopic (exact) mass is 379 g/mol. The number of benzene rings is 2. The lowest BCUT2D eigenvalue weighted by Gasteiger charge is -2.15. The van der Waals surface area contributed by atoms with E-state index in [1.165, 1.54) is 12.1 Å². The van der Waals surface area contributed by atoms with Crippen molar-refractivity contribution >= 4 is 22.3 Å². The third kappa shape index (κ3) is 3.53. The summed E-state index contributed by atoms with van der Waals surface area (Å²) in [5.74, 6) is 0.483. The summed E-state index contributed by atoms with van der Waals surface area (Å²) in [6.07, 6.45) is -0.971. The van der Waals surface area contributed by atoms with Gasteiger partial charge in [0, 0.05) is 34.5 Å². The molecule has 0 aliphatic carbocycles. The lowest BCUT2D eigenvalue weighted by Crippen LogP contribution is -2.07. The topological polar surface area (TPSA) is 37.8 Å². The van der Waals surface area contributed by atoms with Crippen molar-refractivity contribution in [2.45, 2.75) is 13.1 Å². The number of hydrogen-bond donors (Lipinski definition) is 1. The van der Waals surface area contributed by atoms with Gasteiger partial charge in [-0.3, -0.25) is 4.98 Å². The Morgan fingerprint density at radius 2 is 1.75 bits per heavy atom. The molecule has 28 heavy (non-hydrogen) atoms. The minimum Gasteiger partial charge on any atom is -0.340 e. The van der Waals surface area contributed by atoms with Crippen LogP contribution in [0.2, 0.25) is 0 Å².